The van der Waals surface area contributed by atoms with Gasteiger partial charge in [-0.15, -0.1) is 0 Å². The number of nitrogens with zero attached hydrogens (tertiary/aromatic N) is 2. The third-order valence-corrected chi connectivity index (χ3v) is 3.71. The number of hydrogen-bond donors (Lipinski definition) is 0. The predicted octanol–water partition coefficient (Wildman–Crippen LogP) is 1.31. The molecule has 0 saturated carbocycles. The molecular formula is C14H16N2O3. The summed E-state index contributed by atoms with van der Waals surface area (Å²) >= 11 is 0. The highest BCUT2D eigenvalue weighted by Gasteiger charge is 2.47. The number of methoxy groups -OCH3 is 1. The van der Waals surface area contributed by atoms with Crippen LogP contribution in [-0.2, 0) is 27.7 Å². The molecule has 19 heavy (non-hydrogen) atoms. The molecule has 0 amide bonds. The van der Waals surface area contributed by atoms with Crippen molar-refractivity contribution in [1.82, 2.24) is 9.55 Å². The number of hydrogen-bond acceptors (Lipinski definition) is 4. The molecule has 1 aliphatic rings. The Balaban J connectivity index is 1.90. The normalized spacial score (nSPS) is 17.2. The van der Waals surface area contributed by atoms with Gasteiger partial charge in [0.15, 0.2) is 0 Å². The monoisotopic (exact) mass is 260 g/mol. The summed E-state index contributed by atoms with van der Waals surface area (Å²) in [6.07, 6.45) is 2.42. The van der Waals surface area contributed by atoms with Crippen molar-refractivity contribution in [3.63, 3.8) is 0 Å². The van der Waals surface area contributed by atoms with Crippen molar-refractivity contribution in [3.05, 3.63) is 30.1 Å². The minimum atomic E-state index is -0.517. The SMILES string of the molecule is COC(=O)C1(Cc2ccc3c(c2)ncn3C)COC1. The van der Waals surface area contributed by atoms with E-state index in [4.69, 9.17) is 9.47 Å². The lowest BCUT2D eigenvalue weighted by atomic mass is 9.80. The average Bonchev–Trinajstić information content (AvgIpc) is 2.74. The molecule has 0 bridgehead atoms. The maximum atomic E-state index is 11.9. The Morgan fingerprint density at radius 2 is 2.32 bits per heavy atom. The van der Waals surface area contributed by atoms with Crippen LogP contribution in [0.2, 0.25) is 0 Å². The fourth-order valence-corrected chi connectivity index (χ4v) is 2.54. The van der Waals surface area contributed by atoms with E-state index < -0.39 is 5.41 Å². The Morgan fingerprint density at radius 1 is 1.53 bits per heavy atom. The first-order chi connectivity index (χ1) is 9.14. The van der Waals surface area contributed by atoms with E-state index in [-0.39, 0.29) is 5.97 Å². The van der Waals surface area contributed by atoms with Crippen LogP contribution in [-0.4, -0.2) is 35.8 Å². The molecule has 5 heteroatoms. The summed E-state index contributed by atoms with van der Waals surface area (Å²) in [4.78, 5) is 16.2. The van der Waals surface area contributed by atoms with Crippen molar-refractivity contribution in [1.29, 1.82) is 0 Å². The lowest BCUT2D eigenvalue weighted by Gasteiger charge is -2.38. The summed E-state index contributed by atoms with van der Waals surface area (Å²) in [5.74, 6) is -0.195. The van der Waals surface area contributed by atoms with Crippen LogP contribution in [0.3, 0.4) is 0 Å². The van der Waals surface area contributed by atoms with Crippen LogP contribution >= 0.6 is 0 Å². The minimum Gasteiger partial charge on any atom is -0.468 e. The van der Waals surface area contributed by atoms with Crippen LogP contribution < -0.4 is 0 Å². The van der Waals surface area contributed by atoms with Crippen LogP contribution in [0.1, 0.15) is 5.56 Å². The molecule has 0 spiro atoms. The quantitative estimate of drug-likeness (QED) is 0.781. The topological polar surface area (TPSA) is 53.3 Å². The molecule has 100 valence electrons. The molecule has 1 fully saturated rings. The van der Waals surface area contributed by atoms with Crippen LogP contribution in [0, 0.1) is 5.41 Å². The lowest BCUT2D eigenvalue weighted by molar-refractivity contribution is -0.182. The molecule has 2 aromatic rings. The number of esters is 1. The molecule has 1 aliphatic heterocycles. The highest BCUT2D eigenvalue weighted by molar-refractivity contribution is 5.79. The third kappa shape index (κ3) is 1.90. The number of imidazole rings is 1. The van der Waals surface area contributed by atoms with E-state index in [9.17, 15) is 4.79 Å². The van der Waals surface area contributed by atoms with E-state index in [0.717, 1.165) is 16.6 Å². The van der Waals surface area contributed by atoms with Crippen LogP contribution in [0.15, 0.2) is 24.5 Å². The second-order valence-corrected chi connectivity index (χ2v) is 5.12. The summed E-state index contributed by atoms with van der Waals surface area (Å²) in [6, 6.07) is 6.09. The molecule has 0 aliphatic carbocycles. The van der Waals surface area contributed by atoms with Gasteiger partial charge in [-0.25, -0.2) is 4.98 Å². The number of benzene rings is 1. The molecule has 3 rings (SSSR count). The zero-order valence-electron chi connectivity index (χ0n) is 11.0. The zero-order chi connectivity index (χ0) is 13.5. The summed E-state index contributed by atoms with van der Waals surface area (Å²) in [7, 11) is 3.38. The number of carbonyl (C=O) groups excluding carboxylic acids is 1. The van der Waals surface area contributed by atoms with Gasteiger partial charge in [0.2, 0.25) is 0 Å². The number of carbonyl (C=O) groups is 1. The number of rotatable bonds is 3. The second-order valence-electron chi connectivity index (χ2n) is 5.12. The average molecular weight is 260 g/mol. The summed E-state index contributed by atoms with van der Waals surface area (Å²) < 4.78 is 12.1. The van der Waals surface area contributed by atoms with Crippen molar-refractivity contribution in [2.24, 2.45) is 12.5 Å². The van der Waals surface area contributed by atoms with Gasteiger partial charge in [0.05, 0.1) is 37.7 Å². The zero-order valence-corrected chi connectivity index (χ0v) is 11.0. The van der Waals surface area contributed by atoms with Crippen LogP contribution in [0.25, 0.3) is 11.0 Å². The van der Waals surface area contributed by atoms with E-state index in [0.29, 0.717) is 19.6 Å². The molecule has 0 radical (unpaired) electrons. The Morgan fingerprint density at radius 3 is 2.95 bits per heavy atom. The third-order valence-electron chi connectivity index (χ3n) is 3.71. The Labute approximate surface area is 111 Å². The lowest BCUT2D eigenvalue weighted by Crippen LogP contribution is -2.51. The number of ether oxygens (including phenoxy) is 2. The molecule has 0 N–H and O–H groups in total. The van der Waals surface area contributed by atoms with Crippen LogP contribution in [0.4, 0.5) is 0 Å². The predicted molar refractivity (Wildman–Crippen MR) is 69.7 cm³/mol. The second kappa shape index (κ2) is 4.35. The number of aryl methyl sites for hydroxylation is 1. The highest BCUT2D eigenvalue weighted by Crippen LogP contribution is 2.33. The minimum absolute atomic E-state index is 0.195. The van der Waals surface area contributed by atoms with E-state index >= 15 is 0 Å². The molecule has 1 saturated heterocycles. The standard InChI is InChI=1S/C14H16N2O3/c1-16-9-15-11-5-10(3-4-12(11)16)6-14(7-19-8-14)13(17)18-2/h3-5,9H,6-8H2,1-2H3. The number of fused-ring (bicyclic) bond motifs is 1. The smallest absolute Gasteiger partial charge is 0.316 e. The van der Waals surface area contributed by atoms with Gasteiger partial charge in [-0.1, -0.05) is 6.07 Å². The van der Waals surface area contributed by atoms with Gasteiger partial charge in [0.1, 0.15) is 5.41 Å². The van der Waals surface area contributed by atoms with Gasteiger partial charge < -0.3 is 14.0 Å². The molecule has 1 aromatic heterocycles. The molecule has 1 aromatic carbocycles. The van der Waals surface area contributed by atoms with Crippen molar-refractivity contribution in [3.8, 4) is 0 Å². The van der Waals surface area contributed by atoms with Crippen molar-refractivity contribution >= 4 is 17.0 Å². The molecule has 0 unspecified atom stereocenters. The molecular weight excluding hydrogens is 244 g/mol. The van der Waals surface area contributed by atoms with E-state index in [1.807, 2.05) is 29.8 Å². The first kappa shape index (κ1) is 12.2. The first-order valence-corrected chi connectivity index (χ1v) is 6.21. The number of aromatic nitrogens is 2. The Kier molecular flexibility index (Phi) is 2.78. The van der Waals surface area contributed by atoms with Crippen molar-refractivity contribution in [2.45, 2.75) is 6.42 Å². The van der Waals surface area contributed by atoms with Crippen molar-refractivity contribution < 1.29 is 14.3 Å². The van der Waals surface area contributed by atoms with Gasteiger partial charge in [-0.2, -0.15) is 0 Å². The maximum absolute atomic E-state index is 11.9. The fourth-order valence-electron chi connectivity index (χ4n) is 2.54. The first-order valence-electron chi connectivity index (χ1n) is 6.21. The summed E-state index contributed by atoms with van der Waals surface area (Å²) in [6.45, 7) is 0.861. The fraction of sp³-hybridized carbons (Fsp3) is 0.429. The van der Waals surface area contributed by atoms with Gasteiger partial charge in [-0.3, -0.25) is 4.79 Å². The highest BCUT2D eigenvalue weighted by atomic mass is 16.5. The van der Waals surface area contributed by atoms with E-state index in [2.05, 4.69) is 4.98 Å². The van der Waals surface area contributed by atoms with Crippen molar-refractivity contribution in [2.75, 3.05) is 20.3 Å². The molecule has 5 nitrogen and oxygen atoms in total. The Bertz CT molecular complexity index is 629. The summed E-state index contributed by atoms with van der Waals surface area (Å²) in [5, 5.41) is 0. The molecule has 0 atom stereocenters. The summed E-state index contributed by atoms with van der Waals surface area (Å²) in [5.41, 5.74) is 2.60. The maximum Gasteiger partial charge on any atom is 0.316 e. The van der Waals surface area contributed by atoms with E-state index in [1.165, 1.54) is 7.11 Å². The van der Waals surface area contributed by atoms with Gasteiger partial charge in [0, 0.05) is 7.05 Å². The van der Waals surface area contributed by atoms with Gasteiger partial charge in [-0.05, 0) is 24.1 Å². The van der Waals surface area contributed by atoms with Gasteiger partial charge >= 0.3 is 5.97 Å². The van der Waals surface area contributed by atoms with E-state index in [1.54, 1.807) is 6.33 Å². The largest absolute Gasteiger partial charge is 0.468 e. The van der Waals surface area contributed by atoms with Gasteiger partial charge in [0.25, 0.3) is 0 Å². The van der Waals surface area contributed by atoms with Crippen LogP contribution in [0.5, 0.6) is 0 Å². The molecule has 2 heterocycles. The Hall–Kier alpha value is -1.88.